The summed E-state index contributed by atoms with van der Waals surface area (Å²) in [6.45, 7) is 1.20. The highest BCUT2D eigenvalue weighted by molar-refractivity contribution is 14.1. The Morgan fingerprint density at radius 2 is 2.18 bits per heavy atom. The number of alkyl halides is 1. The molecule has 0 saturated carbocycles. The Morgan fingerprint density at radius 1 is 1.41 bits per heavy atom. The van der Waals surface area contributed by atoms with Crippen LogP contribution >= 0.6 is 22.6 Å². The average Bonchev–Trinajstić information content (AvgIpc) is 2.85. The largest absolute Gasteiger partial charge is 0.445 e. The van der Waals surface area contributed by atoms with Gasteiger partial charge in [-0.2, -0.15) is 0 Å². The SMILES string of the molecule is O=C(OCc1ccccc1)N1CCC[C@H]1CI. The lowest BCUT2D eigenvalue weighted by Gasteiger charge is -2.22. The Balaban J connectivity index is 1.85. The van der Waals surface area contributed by atoms with Crippen molar-refractivity contribution in [1.82, 2.24) is 4.90 Å². The van der Waals surface area contributed by atoms with E-state index in [1.807, 2.05) is 35.2 Å². The van der Waals surface area contributed by atoms with Crippen LogP contribution in [0, 0.1) is 0 Å². The van der Waals surface area contributed by atoms with E-state index in [2.05, 4.69) is 22.6 Å². The highest BCUT2D eigenvalue weighted by Gasteiger charge is 2.28. The number of benzene rings is 1. The maximum absolute atomic E-state index is 11.9. The van der Waals surface area contributed by atoms with E-state index in [0.717, 1.165) is 29.4 Å². The Kier molecular flexibility index (Phi) is 4.65. The predicted octanol–water partition coefficient (Wildman–Crippen LogP) is 3.22. The molecule has 1 fully saturated rings. The van der Waals surface area contributed by atoms with Crippen molar-refractivity contribution in [2.45, 2.75) is 25.5 Å². The maximum Gasteiger partial charge on any atom is 0.410 e. The fourth-order valence-corrected chi connectivity index (χ4v) is 2.95. The molecule has 0 spiro atoms. The van der Waals surface area contributed by atoms with E-state index < -0.39 is 0 Å². The molecule has 0 aliphatic carbocycles. The normalized spacial score (nSPS) is 19.4. The predicted molar refractivity (Wildman–Crippen MR) is 75.2 cm³/mol. The summed E-state index contributed by atoms with van der Waals surface area (Å²) in [6.07, 6.45) is 2.02. The summed E-state index contributed by atoms with van der Waals surface area (Å²) in [5.41, 5.74) is 1.03. The van der Waals surface area contributed by atoms with Crippen LogP contribution in [0.4, 0.5) is 4.79 Å². The molecule has 1 heterocycles. The minimum atomic E-state index is -0.173. The highest BCUT2D eigenvalue weighted by Crippen LogP contribution is 2.20. The monoisotopic (exact) mass is 345 g/mol. The van der Waals surface area contributed by atoms with Gasteiger partial charge in [-0.15, -0.1) is 0 Å². The van der Waals surface area contributed by atoms with E-state index in [1.165, 1.54) is 0 Å². The number of amides is 1. The molecule has 1 saturated heterocycles. The van der Waals surface area contributed by atoms with E-state index in [1.54, 1.807) is 0 Å². The lowest BCUT2D eigenvalue weighted by Crippen LogP contribution is -2.36. The zero-order valence-electron chi connectivity index (χ0n) is 9.64. The first-order valence-corrected chi connectivity index (χ1v) is 7.37. The van der Waals surface area contributed by atoms with Gasteiger partial charge in [0.15, 0.2) is 0 Å². The van der Waals surface area contributed by atoms with Gasteiger partial charge in [-0.3, -0.25) is 0 Å². The van der Waals surface area contributed by atoms with Crippen LogP contribution in [0.25, 0.3) is 0 Å². The van der Waals surface area contributed by atoms with E-state index in [-0.39, 0.29) is 6.09 Å². The number of hydrogen-bond acceptors (Lipinski definition) is 2. The first kappa shape index (κ1) is 12.7. The molecule has 3 nitrogen and oxygen atoms in total. The molecule has 0 bridgehead atoms. The molecule has 1 aliphatic heterocycles. The van der Waals surface area contributed by atoms with E-state index >= 15 is 0 Å². The van der Waals surface area contributed by atoms with Gasteiger partial charge in [-0.25, -0.2) is 4.79 Å². The third-order valence-corrected chi connectivity index (χ3v) is 4.01. The standard InChI is InChI=1S/C13H16INO2/c14-9-12-7-4-8-15(12)13(16)17-10-11-5-2-1-3-6-11/h1-3,5-6,12H,4,7-10H2/t12-/m0/s1. The molecule has 2 rings (SSSR count). The fourth-order valence-electron chi connectivity index (χ4n) is 2.04. The number of nitrogens with zero attached hydrogens (tertiary/aromatic N) is 1. The lowest BCUT2D eigenvalue weighted by molar-refractivity contribution is 0.0953. The van der Waals surface area contributed by atoms with Crippen molar-refractivity contribution in [3.8, 4) is 0 Å². The van der Waals surface area contributed by atoms with Gasteiger partial charge in [0.1, 0.15) is 6.61 Å². The van der Waals surface area contributed by atoms with Gasteiger partial charge in [0.25, 0.3) is 0 Å². The third kappa shape index (κ3) is 3.34. The molecule has 1 aromatic carbocycles. The summed E-state index contributed by atoms with van der Waals surface area (Å²) >= 11 is 2.33. The molecular weight excluding hydrogens is 329 g/mol. The van der Waals surface area contributed by atoms with Crippen LogP contribution in [0.2, 0.25) is 0 Å². The Morgan fingerprint density at radius 3 is 2.88 bits per heavy atom. The summed E-state index contributed by atoms with van der Waals surface area (Å²) < 4.78 is 6.31. The van der Waals surface area contributed by atoms with Gasteiger partial charge in [-0.1, -0.05) is 52.9 Å². The number of carbonyl (C=O) groups excluding carboxylic acids is 1. The quantitative estimate of drug-likeness (QED) is 0.622. The number of ether oxygens (including phenoxy) is 1. The second-order valence-electron chi connectivity index (χ2n) is 4.18. The van der Waals surface area contributed by atoms with Crippen molar-refractivity contribution in [1.29, 1.82) is 0 Å². The molecule has 0 aromatic heterocycles. The highest BCUT2D eigenvalue weighted by atomic mass is 127. The van der Waals surface area contributed by atoms with E-state index in [4.69, 9.17) is 4.74 Å². The zero-order chi connectivity index (χ0) is 12.1. The van der Waals surface area contributed by atoms with Crippen LogP contribution < -0.4 is 0 Å². The van der Waals surface area contributed by atoms with Gasteiger partial charge in [-0.05, 0) is 18.4 Å². The summed E-state index contributed by atoms with van der Waals surface area (Å²) in [7, 11) is 0. The summed E-state index contributed by atoms with van der Waals surface area (Å²) in [6, 6.07) is 10.1. The van der Waals surface area contributed by atoms with Crippen molar-refractivity contribution in [2.75, 3.05) is 11.0 Å². The average molecular weight is 345 g/mol. The number of likely N-dealkylation sites (tertiary alicyclic amines) is 1. The van der Waals surface area contributed by atoms with E-state index in [0.29, 0.717) is 12.6 Å². The van der Waals surface area contributed by atoms with Crippen LogP contribution in [0.15, 0.2) is 30.3 Å². The van der Waals surface area contributed by atoms with Crippen LogP contribution in [-0.4, -0.2) is 28.0 Å². The lowest BCUT2D eigenvalue weighted by atomic mass is 10.2. The minimum Gasteiger partial charge on any atom is -0.445 e. The van der Waals surface area contributed by atoms with Gasteiger partial charge in [0.2, 0.25) is 0 Å². The van der Waals surface area contributed by atoms with Crippen molar-refractivity contribution in [3.63, 3.8) is 0 Å². The molecule has 4 heteroatoms. The van der Waals surface area contributed by atoms with Crippen LogP contribution in [0.5, 0.6) is 0 Å². The molecule has 1 atom stereocenters. The molecule has 0 N–H and O–H groups in total. The molecule has 92 valence electrons. The van der Waals surface area contributed by atoms with Gasteiger partial charge in [0.05, 0.1) is 0 Å². The Labute approximate surface area is 115 Å². The van der Waals surface area contributed by atoms with Crippen LogP contribution in [-0.2, 0) is 11.3 Å². The van der Waals surface area contributed by atoms with E-state index in [9.17, 15) is 4.79 Å². The molecule has 0 radical (unpaired) electrons. The number of rotatable bonds is 3. The smallest absolute Gasteiger partial charge is 0.410 e. The van der Waals surface area contributed by atoms with Crippen LogP contribution in [0.1, 0.15) is 18.4 Å². The topological polar surface area (TPSA) is 29.5 Å². The van der Waals surface area contributed by atoms with Crippen molar-refractivity contribution < 1.29 is 9.53 Å². The summed E-state index contributed by atoms with van der Waals surface area (Å²) in [5, 5.41) is 0. The molecule has 1 aromatic rings. The Hall–Kier alpha value is -0.780. The van der Waals surface area contributed by atoms with Gasteiger partial charge in [0, 0.05) is 17.0 Å². The molecular formula is C13H16INO2. The van der Waals surface area contributed by atoms with Crippen molar-refractivity contribution in [3.05, 3.63) is 35.9 Å². The minimum absolute atomic E-state index is 0.173. The first-order valence-electron chi connectivity index (χ1n) is 5.84. The number of carbonyl (C=O) groups is 1. The zero-order valence-corrected chi connectivity index (χ0v) is 11.8. The fraction of sp³-hybridized carbons (Fsp3) is 0.462. The second-order valence-corrected chi connectivity index (χ2v) is 5.06. The number of halogens is 1. The van der Waals surface area contributed by atoms with Crippen molar-refractivity contribution in [2.24, 2.45) is 0 Å². The van der Waals surface area contributed by atoms with Gasteiger partial charge < -0.3 is 9.64 Å². The first-order chi connectivity index (χ1) is 8.31. The molecule has 17 heavy (non-hydrogen) atoms. The summed E-state index contributed by atoms with van der Waals surface area (Å²) in [4.78, 5) is 13.7. The Bertz CT molecular complexity index is 369. The number of hydrogen-bond donors (Lipinski definition) is 0. The molecule has 0 unspecified atom stereocenters. The van der Waals surface area contributed by atoms with Crippen molar-refractivity contribution >= 4 is 28.7 Å². The maximum atomic E-state index is 11.9. The summed E-state index contributed by atoms with van der Waals surface area (Å²) in [5.74, 6) is 0. The third-order valence-electron chi connectivity index (χ3n) is 2.99. The second kappa shape index (κ2) is 6.23. The van der Waals surface area contributed by atoms with Crippen LogP contribution in [0.3, 0.4) is 0 Å². The van der Waals surface area contributed by atoms with Gasteiger partial charge >= 0.3 is 6.09 Å². The molecule has 1 amide bonds. The molecule has 1 aliphatic rings.